The zero-order chi connectivity index (χ0) is 16.0. The molecule has 0 bridgehead atoms. The lowest BCUT2D eigenvalue weighted by molar-refractivity contribution is -0.134. The molecule has 120 valence electrons. The van der Waals surface area contributed by atoms with Crippen molar-refractivity contribution in [2.45, 2.75) is 13.3 Å². The first kappa shape index (κ1) is 14.2. The minimum atomic E-state index is -0.0608. The number of hydrogen-bond donors (Lipinski definition) is 1. The van der Waals surface area contributed by atoms with E-state index in [1.54, 1.807) is 4.90 Å². The van der Waals surface area contributed by atoms with E-state index in [4.69, 9.17) is 0 Å². The first-order valence-corrected chi connectivity index (χ1v) is 8.16. The van der Waals surface area contributed by atoms with Crippen LogP contribution in [0.1, 0.15) is 23.8 Å². The molecule has 1 aromatic heterocycles. The van der Waals surface area contributed by atoms with Crippen LogP contribution in [-0.4, -0.2) is 58.0 Å². The highest BCUT2D eigenvalue weighted by molar-refractivity contribution is 6.04. The molecule has 1 aliphatic carbocycles. The van der Waals surface area contributed by atoms with E-state index in [9.17, 15) is 9.59 Å². The number of rotatable bonds is 2. The Morgan fingerprint density at radius 2 is 1.78 bits per heavy atom. The van der Waals surface area contributed by atoms with Crippen molar-refractivity contribution in [1.82, 2.24) is 20.0 Å². The summed E-state index contributed by atoms with van der Waals surface area (Å²) in [4.78, 5) is 28.6. The molecular formula is C17H20N4O2. The van der Waals surface area contributed by atoms with E-state index in [1.165, 1.54) is 0 Å². The number of carbonyl (C=O) groups is 2. The largest absolute Gasteiger partial charge is 0.339 e. The molecule has 1 saturated heterocycles. The van der Waals surface area contributed by atoms with Gasteiger partial charge in [-0.15, -0.1) is 0 Å². The first-order chi connectivity index (χ1) is 11.1. The molecule has 2 aliphatic rings. The van der Waals surface area contributed by atoms with Crippen molar-refractivity contribution in [1.29, 1.82) is 0 Å². The number of carbonyl (C=O) groups excluding carboxylic acids is 2. The molecule has 2 atom stereocenters. The predicted molar refractivity (Wildman–Crippen MR) is 85.8 cm³/mol. The molecule has 6 heteroatoms. The number of hydrogen-bond acceptors (Lipinski definition) is 3. The number of nitrogens with one attached hydrogen (secondary N) is 1. The maximum absolute atomic E-state index is 12.7. The van der Waals surface area contributed by atoms with Crippen LogP contribution in [0.3, 0.4) is 0 Å². The number of nitrogens with zero attached hydrogens (tertiary/aromatic N) is 3. The SMILES string of the molecule is C[C@@H]1C[C@H]1C(=O)N1CCN(C(=O)c2n[nH]c3ccccc23)CC1. The van der Waals surface area contributed by atoms with Gasteiger partial charge < -0.3 is 9.80 Å². The molecule has 2 fully saturated rings. The van der Waals surface area contributed by atoms with Crippen LogP contribution in [0.15, 0.2) is 24.3 Å². The van der Waals surface area contributed by atoms with E-state index >= 15 is 0 Å². The van der Waals surface area contributed by atoms with E-state index in [1.807, 2.05) is 29.2 Å². The highest BCUT2D eigenvalue weighted by atomic mass is 16.2. The summed E-state index contributed by atoms with van der Waals surface area (Å²) in [6, 6.07) is 7.63. The van der Waals surface area contributed by atoms with Crippen molar-refractivity contribution in [3.63, 3.8) is 0 Å². The van der Waals surface area contributed by atoms with Gasteiger partial charge in [-0.1, -0.05) is 25.1 Å². The number of piperazine rings is 1. The number of amides is 2. The lowest BCUT2D eigenvalue weighted by Crippen LogP contribution is -2.51. The van der Waals surface area contributed by atoms with Crippen LogP contribution in [0.5, 0.6) is 0 Å². The van der Waals surface area contributed by atoms with Gasteiger partial charge in [-0.3, -0.25) is 14.7 Å². The van der Waals surface area contributed by atoms with E-state index < -0.39 is 0 Å². The molecule has 0 unspecified atom stereocenters. The van der Waals surface area contributed by atoms with Crippen LogP contribution >= 0.6 is 0 Å². The molecule has 0 radical (unpaired) electrons. The second-order valence-corrected chi connectivity index (χ2v) is 6.55. The molecule has 2 aromatic rings. The second kappa shape index (κ2) is 5.37. The molecule has 1 N–H and O–H groups in total. The van der Waals surface area contributed by atoms with Crippen LogP contribution in [0.2, 0.25) is 0 Å². The van der Waals surface area contributed by atoms with Gasteiger partial charge in [0.2, 0.25) is 5.91 Å². The predicted octanol–water partition coefficient (Wildman–Crippen LogP) is 1.50. The summed E-state index contributed by atoms with van der Waals surface area (Å²) in [6.45, 7) is 4.51. The molecule has 2 heterocycles. The fraction of sp³-hybridized carbons (Fsp3) is 0.471. The van der Waals surface area contributed by atoms with Crippen molar-refractivity contribution < 1.29 is 9.59 Å². The molecule has 2 amide bonds. The van der Waals surface area contributed by atoms with Gasteiger partial charge in [0.25, 0.3) is 5.91 Å². The van der Waals surface area contributed by atoms with Gasteiger partial charge in [0.05, 0.1) is 5.52 Å². The monoisotopic (exact) mass is 312 g/mol. The lowest BCUT2D eigenvalue weighted by atomic mass is 10.2. The Balaban J connectivity index is 1.44. The van der Waals surface area contributed by atoms with Crippen LogP contribution in [0.4, 0.5) is 0 Å². The highest BCUT2D eigenvalue weighted by Gasteiger charge is 2.42. The number of para-hydroxylation sites is 1. The van der Waals surface area contributed by atoms with Crippen molar-refractivity contribution in [3.05, 3.63) is 30.0 Å². The Morgan fingerprint density at radius 3 is 2.48 bits per heavy atom. The van der Waals surface area contributed by atoms with E-state index in [2.05, 4.69) is 17.1 Å². The van der Waals surface area contributed by atoms with Crippen molar-refractivity contribution in [2.24, 2.45) is 11.8 Å². The molecular weight excluding hydrogens is 292 g/mol. The number of aromatic amines is 1. The minimum Gasteiger partial charge on any atom is -0.339 e. The van der Waals surface area contributed by atoms with Crippen molar-refractivity contribution >= 4 is 22.7 Å². The summed E-state index contributed by atoms with van der Waals surface area (Å²) in [6.07, 6.45) is 1.01. The molecule has 0 spiro atoms. The lowest BCUT2D eigenvalue weighted by Gasteiger charge is -2.34. The van der Waals surface area contributed by atoms with Gasteiger partial charge in [-0.2, -0.15) is 5.10 Å². The van der Waals surface area contributed by atoms with Crippen molar-refractivity contribution in [3.8, 4) is 0 Å². The van der Waals surface area contributed by atoms with E-state index in [0.717, 1.165) is 17.3 Å². The molecule has 1 aromatic carbocycles. The summed E-state index contributed by atoms with van der Waals surface area (Å²) in [5.74, 6) is 0.939. The number of aromatic nitrogens is 2. The zero-order valence-electron chi connectivity index (χ0n) is 13.2. The molecule has 1 aliphatic heterocycles. The third kappa shape index (κ3) is 2.48. The molecule has 4 rings (SSSR count). The van der Waals surface area contributed by atoms with Gasteiger partial charge in [0.15, 0.2) is 5.69 Å². The Kier molecular flexibility index (Phi) is 3.32. The van der Waals surface area contributed by atoms with E-state index in [-0.39, 0.29) is 17.7 Å². The molecule has 23 heavy (non-hydrogen) atoms. The summed E-state index contributed by atoms with van der Waals surface area (Å²) < 4.78 is 0. The zero-order valence-corrected chi connectivity index (χ0v) is 13.2. The van der Waals surface area contributed by atoms with Crippen LogP contribution in [-0.2, 0) is 4.79 Å². The Bertz CT molecular complexity index is 761. The smallest absolute Gasteiger partial charge is 0.275 e. The average molecular weight is 312 g/mol. The first-order valence-electron chi connectivity index (χ1n) is 8.16. The fourth-order valence-electron chi connectivity index (χ4n) is 3.31. The van der Waals surface area contributed by atoms with E-state index in [0.29, 0.717) is 37.8 Å². The quantitative estimate of drug-likeness (QED) is 0.914. The third-order valence-corrected chi connectivity index (χ3v) is 4.98. The van der Waals surface area contributed by atoms with Gasteiger partial charge in [0.1, 0.15) is 0 Å². The fourth-order valence-corrected chi connectivity index (χ4v) is 3.31. The second-order valence-electron chi connectivity index (χ2n) is 6.55. The summed E-state index contributed by atoms with van der Waals surface area (Å²) in [5.41, 5.74) is 1.34. The maximum Gasteiger partial charge on any atom is 0.275 e. The van der Waals surface area contributed by atoms with Crippen LogP contribution in [0.25, 0.3) is 10.9 Å². The Hall–Kier alpha value is -2.37. The van der Waals surface area contributed by atoms with Crippen molar-refractivity contribution in [2.75, 3.05) is 26.2 Å². The van der Waals surface area contributed by atoms with Gasteiger partial charge in [-0.05, 0) is 18.4 Å². The summed E-state index contributed by atoms with van der Waals surface area (Å²) in [5, 5.41) is 7.93. The Morgan fingerprint density at radius 1 is 1.13 bits per heavy atom. The van der Waals surface area contributed by atoms with Gasteiger partial charge in [-0.25, -0.2) is 0 Å². The third-order valence-electron chi connectivity index (χ3n) is 4.98. The highest BCUT2D eigenvalue weighted by Crippen LogP contribution is 2.39. The number of fused-ring (bicyclic) bond motifs is 1. The topological polar surface area (TPSA) is 69.3 Å². The standard InChI is InChI=1S/C17H20N4O2/c1-11-10-13(11)16(22)20-6-8-21(9-7-20)17(23)15-12-4-2-3-5-14(12)18-19-15/h2-5,11,13H,6-10H2,1H3,(H,18,19)/t11-,13-/m1/s1. The van der Waals surface area contributed by atoms with Crippen LogP contribution in [0, 0.1) is 11.8 Å². The maximum atomic E-state index is 12.7. The summed E-state index contributed by atoms with van der Waals surface area (Å²) in [7, 11) is 0. The number of benzene rings is 1. The summed E-state index contributed by atoms with van der Waals surface area (Å²) >= 11 is 0. The minimum absolute atomic E-state index is 0.0608. The molecule has 1 saturated carbocycles. The molecule has 6 nitrogen and oxygen atoms in total. The normalized spacial score (nSPS) is 24.0. The van der Waals surface area contributed by atoms with Crippen LogP contribution < -0.4 is 0 Å². The number of H-pyrrole nitrogens is 1. The van der Waals surface area contributed by atoms with Gasteiger partial charge in [0, 0.05) is 37.5 Å². The van der Waals surface area contributed by atoms with Gasteiger partial charge >= 0.3 is 0 Å². The average Bonchev–Trinajstić information content (AvgIpc) is 3.17. The Labute approximate surface area is 134 Å².